The number of hydrogen-bond acceptors (Lipinski definition) is 0. The number of hydrogen-bond donors (Lipinski definition) is 0. The molecule has 0 unspecified atom stereocenters. The minimum Gasteiger partial charge on any atom is -0.0988 e. The van der Waals surface area contributed by atoms with Crippen molar-refractivity contribution < 1.29 is 0 Å². The summed E-state index contributed by atoms with van der Waals surface area (Å²) in [5.74, 6) is 0. The molecule has 0 saturated carbocycles. The molecule has 0 aliphatic carbocycles. The fourth-order valence-corrected chi connectivity index (χ4v) is 0.0680. The molecule has 0 spiro atoms. The Morgan fingerprint density at radius 1 is 1.83 bits per heavy atom. The first-order valence-corrected chi connectivity index (χ1v) is 1.82. The van der Waals surface area contributed by atoms with Gasteiger partial charge in [-0.05, 0) is 13.8 Å². The Morgan fingerprint density at radius 2 is 2.33 bits per heavy atom. The molecule has 0 aromatic rings. The van der Waals surface area contributed by atoms with Crippen LogP contribution in [-0.2, 0) is 0 Å². The van der Waals surface area contributed by atoms with Crippen molar-refractivity contribution in [2.75, 3.05) is 0 Å². The largest absolute Gasteiger partial charge is 0.0988 e. The van der Waals surface area contributed by atoms with Crippen molar-refractivity contribution in [2.45, 2.75) is 6.92 Å². The van der Waals surface area contributed by atoms with Crippen molar-refractivity contribution in [3.05, 3.63) is 31.2 Å². The summed E-state index contributed by atoms with van der Waals surface area (Å²) in [5.41, 5.74) is 1.01. The van der Waals surface area contributed by atoms with E-state index in [1.807, 2.05) is 6.92 Å². The maximum Gasteiger partial charge on any atom is -0.00897 e. The summed E-state index contributed by atoms with van der Waals surface area (Å²) in [7, 11) is 0. The predicted octanol–water partition coefficient (Wildman–Crippen LogP) is 1.83. The fraction of sp³-hybridized carbons (Fsp3) is 0.167. The highest BCUT2D eigenvalue weighted by Crippen LogP contribution is 1.87. The molecule has 6 heavy (non-hydrogen) atoms. The molecule has 0 aromatic carbocycles. The molecule has 0 amide bonds. The third-order valence-electron chi connectivity index (χ3n) is 0.585. The zero-order valence-corrected chi connectivity index (χ0v) is 3.94. The van der Waals surface area contributed by atoms with Crippen molar-refractivity contribution in [1.82, 2.24) is 0 Å². The predicted molar refractivity (Wildman–Crippen MR) is 28.3 cm³/mol. The van der Waals surface area contributed by atoms with E-state index in [0.717, 1.165) is 5.57 Å². The van der Waals surface area contributed by atoms with Crippen LogP contribution in [0.3, 0.4) is 0 Å². The SMILES string of the molecule is [CH]/C=C(\C)C=C. The molecule has 0 aliphatic heterocycles. The van der Waals surface area contributed by atoms with Gasteiger partial charge >= 0.3 is 0 Å². The fourth-order valence-electron chi connectivity index (χ4n) is 0.0680. The standard InChI is InChI=1S/C6H8/c1-4-6(3)5-2/h1,4-5H,2H2,3H3/b6-4+. The summed E-state index contributed by atoms with van der Waals surface area (Å²) in [6.45, 7) is 10.4. The molecule has 0 atom stereocenters. The Labute approximate surface area is 39.2 Å². The van der Waals surface area contributed by atoms with Gasteiger partial charge in [0.2, 0.25) is 0 Å². The smallest absolute Gasteiger partial charge is 0.00897 e. The van der Waals surface area contributed by atoms with E-state index in [-0.39, 0.29) is 0 Å². The molecular formula is C6H8. The van der Waals surface area contributed by atoms with Crippen LogP contribution in [0.15, 0.2) is 24.3 Å². The van der Waals surface area contributed by atoms with Crippen LogP contribution in [0.25, 0.3) is 0 Å². The van der Waals surface area contributed by atoms with Crippen LogP contribution in [0.2, 0.25) is 0 Å². The van der Waals surface area contributed by atoms with Gasteiger partial charge in [0.25, 0.3) is 0 Å². The number of rotatable bonds is 1. The summed E-state index contributed by atoms with van der Waals surface area (Å²) in [4.78, 5) is 0. The second-order valence-electron chi connectivity index (χ2n) is 1.11. The minimum atomic E-state index is 1.01. The molecule has 0 fully saturated rings. The Kier molecular flexibility index (Phi) is 2.47. The molecule has 2 radical (unpaired) electrons. The third-order valence-corrected chi connectivity index (χ3v) is 0.585. The lowest BCUT2D eigenvalue weighted by Gasteiger charge is -1.78. The molecule has 32 valence electrons. The van der Waals surface area contributed by atoms with E-state index in [0.29, 0.717) is 0 Å². The molecule has 0 saturated heterocycles. The van der Waals surface area contributed by atoms with Gasteiger partial charge in [-0.3, -0.25) is 0 Å². The Balaban J connectivity index is 3.50. The monoisotopic (exact) mass is 80.1 g/mol. The van der Waals surface area contributed by atoms with Crippen molar-refractivity contribution in [2.24, 2.45) is 0 Å². The average molecular weight is 80.1 g/mol. The van der Waals surface area contributed by atoms with Crippen LogP contribution >= 0.6 is 0 Å². The zero-order valence-electron chi connectivity index (χ0n) is 3.94. The van der Waals surface area contributed by atoms with Gasteiger partial charge in [0.15, 0.2) is 0 Å². The maximum absolute atomic E-state index is 5.05. The molecule has 0 aromatic heterocycles. The van der Waals surface area contributed by atoms with Crippen LogP contribution in [0.4, 0.5) is 0 Å². The highest BCUT2D eigenvalue weighted by Gasteiger charge is 1.66. The quantitative estimate of drug-likeness (QED) is 0.421. The van der Waals surface area contributed by atoms with Crippen molar-refractivity contribution in [3.63, 3.8) is 0 Å². The molecule has 0 aliphatic rings. The zero-order chi connectivity index (χ0) is 4.99. The van der Waals surface area contributed by atoms with Gasteiger partial charge in [0.05, 0.1) is 0 Å². The van der Waals surface area contributed by atoms with Crippen LogP contribution in [0, 0.1) is 6.92 Å². The molecular weight excluding hydrogens is 72.1 g/mol. The lowest BCUT2D eigenvalue weighted by Crippen LogP contribution is -1.57. The highest BCUT2D eigenvalue weighted by atomic mass is 13.7. The first-order valence-electron chi connectivity index (χ1n) is 1.82. The van der Waals surface area contributed by atoms with E-state index in [1.54, 1.807) is 6.08 Å². The van der Waals surface area contributed by atoms with Crippen molar-refractivity contribution in [3.8, 4) is 0 Å². The van der Waals surface area contributed by atoms with Gasteiger partial charge < -0.3 is 0 Å². The lowest BCUT2D eigenvalue weighted by molar-refractivity contribution is 1.54. The summed E-state index contributed by atoms with van der Waals surface area (Å²) in [5, 5.41) is 0. The lowest BCUT2D eigenvalue weighted by atomic mass is 10.3. The van der Waals surface area contributed by atoms with E-state index in [1.165, 1.54) is 6.08 Å². The maximum atomic E-state index is 5.05. The summed E-state index contributed by atoms with van der Waals surface area (Å²) < 4.78 is 0. The summed E-state index contributed by atoms with van der Waals surface area (Å²) >= 11 is 0. The third kappa shape index (κ3) is 1.77. The first-order chi connectivity index (χ1) is 2.81. The highest BCUT2D eigenvalue weighted by molar-refractivity contribution is 5.13. The second kappa shape index (κ2) is 2.70. The Bertz CT molecular complexity index is 68.1. The van der Waals surface area contributed by atoms with Crippen molar-refractivity contribution in [1.29, 1.82) is 0 Å². The van der Waals surface area contributed by atoms with Crippen molar-refractivity contribution >= 4 is 0 Å². The second-order valence-corrected chi connectivity index (χ2v) is 1.11. The molecule has 0 bridgehead atoms. The van der Waals surface area contributed by atoms with Crippen LogP contribution in [0.5, 0.6) is 0 Å². The Hall–Kier alpha value is -0.520. The van der Waals surface area contributed by atoms with Crippen LogP contribution in [-0.4, -0.2) is 0 Å². The van der Waals surface area contributed by atoms with E-state index in [2.05, 4.69) is 6.58 Å². The van der Waals surface area contributed by atoms with Gasteiger partial charge in [-0.1, -0.05) is 24.3 Å². The van der Waals surface area contributed by atoms with E-state index >= 15 is 0 Å². The molecule has 0 nitrogen and oxygen atoms in total. The summed E-state index contributed by atoms with van der Waals surface area (Å²) in [6, 6.07) is 0. The minimum absolute atomic E-state index is 1.01. The van der Waals surface area contributed by atoms with Gasteiger partial charge in [0, 0.05) is 0 Å². The van der Waals surface area contributed by atoms with Gasteiger partial charge in [-0.15, -0.1) is 0 Å². The molecule has 0 rings (SSSR count). The topological polar surface area (TPSA) is 0 Å². The first kappa shape index (κ1) is 5.48. The molecule has 0 heteroatoms. The Morgan fingerprint density at radius 3 is 2.33 bits per heavy atom. The average Bonchev–Trinajstić information content (AvgIpc) is 1.65. The molecule has 0 N–H and O–H groups in total. The normalized spacial score (nSPS) is 11.3. The van der Waals surface area contributed by atoms with Gasteiger partial charge in [0.1, 0.15) is 0 Å². The van der Waals surface area contributed by atoms with E-state index < -0.39 is 0 Å². The van der Waals surface area contributed by atoms with E-state index in [4.69, 9.17) is 6.92 Å². The van der Waals surface area contributed by atoms with E-state index in [9.17, 15) is 0 Å². The van der Waals surface area contributed by atoms with Crippen LogP contribution < -0.4 is 0 Å². The number of allylic oxidation sites excluding steroid dienone is 3. The van der Waals surface area contributed by atoms with Gasteiger partial charge in [-0.25, -0.2) is 0 Å². The molecule has 0 heterocycles. The van der Waals surface area contributed by atoms with Gasteiger partial charge in [-0.2, -0.15) is 0 Å². The summed E-state index contributed by atoms with van der Waals surface area (Å²) in [6.07, 6.45) is 3.23. The van der Waals surface area contributed by atoms with Crippen LogP contribution in [0.1, 0.15) is 6.92 Å².